The number of carbonyl (C=O) groups is 1. The van der Waals surface area contributed by atoms with Crippen LogP contribution < -0.4 is 5.32 Å². The van der Waals surface area contributed by atoms with E-state index in [1.807, 2.05) is 18.2 Å². The molecule has 0 radical (unpaired) electrons. The van der Waals surface area contributed by atoms with E-state index in [4.69, 9.17) is 4.98 Å². The molecular formula is C22H25N3OS2. The first-order valence-electron chi connectivity index (χ1n) is 9.80. The van der Waals surface area contributed by atoms with Crippen LogP contribution >= 0.6 is 22.7 Å². The Kier molecular flexibility index (Phi) is 6.52. The van der Waals surface area contributed by atoms with Gasteiger partial charge in [-0.15, -0.1) is 22.7 Å². The van der Waals surface area contributed by atoms with Gasteiger partial charge >= 0.3 is 0 Å². The molecule has 1 saturated heterocycles. The van der Waals surface area contributed by atoms with E-state index < -0.39 is 0 Å². The highest BCUT2D eigenvalue weighted by atomic mass is 32.1. The third-order valence-electron chi connectivity index (χ3n) is 5.11. The van der Waals surface area contributed by atoms with Crippen LogP contribution in [0.15, 0.2) is 53.2 Å². The Morgan fingerprint density at radius 2 is 1.93 bits per heavy atom. The van der Waals surface area contributed by atoms with Crippen LogP contribution in [0.2, 0.25) is 0 Å². The summed E-state index contributed by atoms with van der Waals surface area (Å²) in [6.07, 6.45) is 3.40. The fourth-order valence-corrected chi connectivity index (χ4v) is 5.18. The molecule has 3 heterocycles. The lowest BCUT2D eigenvalue weighted by molar-refractivity contribution is -0.122. The number of aryl methyl sites for hydroxylation is 1. The summed E-state index contributed by atoms with van der Waals surface area (Å²) >= 11 is 3.46. The van der Waals surface area contributed by atoms with Gasteiger partial charge < -0.3 is 5.32 Å². The van der Waals surface area contributed by atoms with Crippen molar-refractivity contribution < 1.29 is 4.79 Å². The average molecular weight is 412 g/mol. The topological polar surface area (TPSA) is 45.2 Å². The second-order valence-electron chi connectivity index (χ2n) is 7.22. The summed E-state index contributed by atoms with van der Waals surface area (Å²) < 4.78 is 0. The van der Waals surface area contributed by atoms with Gasteiger partial charge in [-0.05, 0) is 36.3 Å². The average Bonchev–Trinajstić information content (AvgIpc) is 3.41. The fourth-order valence-electron chi connectivity index (χ4n) is 3.56. The van der Waals surface area contributed by atoms with Gasteiger partial charge in [0, 0.05) is 37.5 Å². The van der Waals surface area contributed by atoms with Crippen molar-refractivity contribution in [1.29, 1.82) is 0 Å². The van der Waals surface area contributed by atoms with Crippen LogP contribution in [0.4, 0.5) is 0 Å². The van der Waals surface area contributed by atoms with Crippen molar-refractivity contribution >= 4 is 28.6 Å². The molecule has 1 amide bonds. The number of likely N-dealkylation sites (tertiary alicyclic amines) is 1. The number of carbonyl (C=O) groups excluding carboxylic acids is 1. The Morgan fingerprint density at radius 1 is 1.11 bits per heavy atom. The molecule has 1 aromatic carbocycles. The zero-order chi connectivity index (χ0) is 19.2. The van der Waals surface area contributed by atoms with Crippen LogP contribution in [-0.2, 0) is 17.8 Å². The zero-order valence-electron chi connectivity index (χ0n) is 15.8. The summed E-state index contributed by atoms with van der Waals surface area (Å²) in [6.45, 7) is 2.92. The van der Waals surface area contributed by atoms with Crippen molar-refractivity contribution in [3.05, 3.63) is 64.5 Å². The van der Waals surface area contributed by atoms with Crippen molar-refractivity contribution in [3.8, 4) is 9.88 Å². The molecule has 0 spiro atoms. The maximum absolute atomic E-state index is 12.2. The largest absolute Gasteiger partial charge is 0.353 e. The van der Waals surface area contributed by atoms with E-state index in [2.05, 4.69) is 45.2 Å². The number of rotatable bonds is 7. The molecule has 6 heteroatoms. The van der Waals surface area contributed by atoms with Crippen molar-refractivity contribution in [2.45, 2.75) is 38.3 Å². The third kappa shape index (κ3) is 5.28. The Bertz CT molecular complexity index is 868. The number of nitrogens with one attached hydrogen (secondary N) is 1. The number of benzene rings is 1. The van der Waals surface area contributed by atoms with Crippen LogP contribution in [0.25, 0.3) is 9.88 Å². The smallest absolute Gasteiger partial charge is 0.220 e. The fraction of sp³-hybridized carbons (Fsp3) is 0.364. The molecule has 0 aliphatic carbocycles. The predicted molar refractivity (Wildman–Crippen MR) is 117 cm³/mol. The van der Waals surface area contributed by atoms with E-state index in [0.717, 1.165) is 49.6 Å². The quantitative estimate of drug-likeness (QED) is 0.619. The van der Waals surface area contributed by atoms with E-state index >= 15 is 0 Å². The molecule has 1 N–H and O–H groups in total. The van der Waals surface area contributed by atoms with Crippen molar-refractivity contribution in [3.63, 3.8) is 0 Å². The minimum atomic E-state index is 0.169. The maximum atomic E-state index is 12.2. The van der Waals surface area contributed by atoms with Crippen molar-refractivity contribution in [2.75, 3.05) is 13.1 Å². The first-order valence-corrected chi connectivity index (χ1v) is 11.6. The molecule has 3 aromatic rings. The Labute approximate surface area is 174 Å². The zero-order valence-corrected chi connectivity index (χ0v) is 17.5. The SMILES string of the molecule is O=C(CCc1ccccc1)NC1CCN(Cc2csc(-c3cccs3)n2)CC1. The first kappa shape index (κ1) is 19.3. The lowest BCUT2D eigenvalue weighted by Crippen LogP contribution is -2.44. The molecule has 0 bridgehead atoms. The number of amides is 1. The molecule has 28 heavy (non-hydrogen) atoms. The van der Waals surface area contributed by atoms with Crippen LogP contribution in [0.5, 0.6) is 0 Å². The number of hydrogen-bond donors (Lipinski definition) is 1. The van der Waals surface area contributed by atoms with E-state index in [-0.39, 0.29) is 5.91 Å². The molecule has 1 aliphatic heterocycles. The molecule has 0 atom stereocenters. The third-order valence-corrected chi connectivity index (χ3v) is 7.04. The normalized spacial score (nSPS) is 15.6. The Hall–Kier alpha value is -2.02. The molecule has 2 aromatic heterocycles. The summed E-state index contributed by atoms with van der Waals surface area (Å²) in [6, 6.07) is 14.7. The predicted octanol–water partition coefficient (Wildman–Crippen LogP) is 4.59. The van der Waals surface area contributed by atoms with Crippen LogP contribution in [0.3, 0.4) is 0 Å². The van der Waals surface area contributed by atoms with Crippen LogP contribution in [-0.4, -0.2) is 34.9 Å². The molecule has 0 saturated carbocycles. The standard InChI is InChI=1S/C22H25N3OS2/c26-21(9-8-17-5-2-1-3-6-17)23-18-10-12-25(13-11-18)15-19-16-28-22(24-19)20-7-4-14-27-20/h1-7,14,16,18H,8-13,15H2,(H,23,26). The van der Waals surface area contributed by atoms with E-state index in [1.165, 1.54) is 10.4 Å². The van der Waals surface area contributed by atoms with Gasteiger partial charge in [-0.3, -0.25) is 9.69 Å². The summed E-state index contributed by atoms with van der Waals surface area (Å²) in [4.78, 5) is 20.7. The van der Waals surface area contributed by atoms with Gasteiger partial charge in [0.15, 0.2) is 0 Å². The number of thiophene rings is 1. The second-order valence-corrected chi connectivity index (χ2v) is 9.03. The minimum Gasteiger partial charge on any atom is -0.353 e. The maximum Gasteiger partial charge on any atom is 0.220 e. The van der Waals surface area contributed by atoms with Gasteiger partial charge in [-0.25, -0.2) is 4.98 Å². The molecule has 0 unspecified atom stereocenters. The molecule has 146 valence electrons. The van der Waals surface area contributed by atoms with E-state index in [0.29, 0.717) is 12.5 Å². The van der Waals surface area contributed by atoms with Gasteiger partial charge in [0.05, 0.1) is 10.6 Å². The summed E-state index contributed by atoms with van der Waals surface area (Å²) in [5.41, 5.74) is 2.37. The highest BCUT2D eigenvalue weighted by Crippen LogP contribution is 2.28. The summed E-state index contributed by atoms with van der Waals surface area (Å²) in [7, 11) is 0. The van der Waals surface area contributed by atoms with Crippen LogP contribution in [0.1, 0.15) is 30.5 Å². The van der Waals surface area contributed by atoms with Crippen molar-refractivity contribution in [2.24, 2.45) is 0 Å². The van der Waals surface area contributed by atoms with Gasteiger partial charge in [-0.2, -0.15) is 0 Å². The number of thiazole rings is 1. The van der Waals surface area contributed by atoms with E-state index in [1.54, 1.807) is 22.7 Å². The minimum absolute atomic E-state index is 0.169. The lowest BCUT2D eigenvalue weighted by Gasteiger charge is -2.31. The van der Waals surface area contributed by atoms with Crippen LogP contribution in [0, 0.1) is 0 Å². The molecular weight excluding hydrogens is 386 g/mol. The van der Waals surface area contributed by atoms with Gasteiger partial charge in [0.25, 0.3) is 0 Å². The summed E-state index contributed by atoms with van der Waals surface area (Å²) in [5, 5.41) is 8.60. The monoisotopic (exact) mass is 411 g/mol. The number of aromatic nitrogens is 1. The lowest BCUT2D eigenvalue weighted by atomic mass is 10.0. The second kappa shape index (κ2) is 9.45. The Morgan fingerprint density at radius 3 is 2.68 bits per heavy atom. The number of nitrogens with zero attached hydrogens (tertiary/aromatic N) is 2. The first-order chi connectivity index (χ1) is 13.8. The number of hydrogen-bond acceptors (Lipinski definition) is 5. The molecule has 4 rings (SSSR count). The highest BCUT2D eigenvalue weighted by Gasteiger charge is 2.21. The molecule has 1 fully saturated rings. The van der Waals surface area contributed by atoms with Crippen molar-refractivity contribution in [1.82, 2.24) is 15.2 Å². The summed E-state index contributed by atoms with van der Waals surface area (Å²) in [5.74, 6) is 0.169. The Balaban J connectivity index is 1.19. The number of piperidine rings is 1. The highest BCUT2D eigenvalue weighted by molar-refractivity contribution is 7.20. The van der Waals surface area contributed by atoms with E-state index in [9.17, 15) is 4.79 Å². The molecule has 1 aliphatic rings. The van der Waals surface area contributed by atoms with Gasteiger partial charge in [0.1, 0.15) is 5.01 Å². The molecule has 4 nitrogen and oxygen atoms in total. The van der Waals surface area contributed by atoms with Gasteiger partial charge in [-0.1, -0.05) is 36.4 Å². The van der Waals surface area contributed by atoms with Gasteiger partial charge in [0.2, 0.25) is 5.91 Å².